The molecule has 0 spiro atoms. The van der Waals surface area contributed by atoms with Gasteiger partial charge in [0.2, 0.25) is 0 Å². The molecule has 2 heteroatoms. The molecule has 9 heavy (non-hydrogen) atoms. The fraction of sp³-hybridized carbons (Fsp3) is 0.571. The van der Waals surface area contributed by atoms with E-state index in [-0.39, 0.29) is 0 Å². The van der Waals surface area contributed by atoms with Gasteiger partial charge in [0.25, 0.3) is 0 Å². The minimum atomic E-state index is 1.03. The first-order valence-electron chi connectivity index (χ1n) is 3.44. The van der Waals surface area contributed by atoms with Gasteiger partial charge < -0.3 is 0 Å². The molecule has 1 N–H and O–H groups in total. The summed E-state index contributed by atoms with van der Waals surface area (Å²) in [6.45, 7) is 5.29. The molecule has 0 aliphatic carbocycles. The first-order chi connectivity index (χ1) is 4.36. The molecule has 2 nitrogen and oxygen atoms in total. The molecule has 1 aromatic rings. The van der Waals surface area contributed by atoms with Gasteiger partial charge in [0.15, 0.2) is 12.7 Å². The van der Waals surface area contributed by atoms with E-state index in [0.29, 0.717) is 0 Å². The van der Waals surface area contributed by atoms with Crippen LogP contribution in [-0.4, -0.2) is 5.10 Å². The van der Waals surface area contributed by atoms with Crippen LogP contribution in [0.15, 0.2) is 12.3 Å². The molecule has 0 aliphatic rings. The third-order valence-corrected chi connectivity index (χ3v) is 1.46. The molecule has 0 aliphatic heterocycles. The highest BCUT2D eigenvalue weighted by Crippen LogP contribution is 1.88. The Kier molecular flexibility index (Phi) is 1.88. The summed E-state index contributed by atoms with van der Waals surface area (Å²) in [5.41, 5.74) is 1.30. The van der Waals surface area contributed by atoms with E-state index in [4.69, 9.17) is 0 Å². The number of nitrogens with one attached hydrogen (secondary N) is 1. The van der Waals surface area contributed by atoms with Crippen LogP contribution in [0.3, 0.4) is 0 Å². The number of aromatic nitrogens is 2. The molecule has 0 aromatic carbocycles. The molecule has 1 rings (SSSR count). The van der Waals surface area contributed by atoms with Crippen LogP contribution in [-0.2, 0) is 13.0 Å². The summed E-state index contributed by atoms with van der Waals surface area (Å²) in [5, 5.41) is 3.23. The second kappa shape index (κ2) is 2.67. The van der Waals surface area contributed by atoms with E-state index in [2.05, 4.69) is 35.9 Å². The maximum Gasteiger partial charge on any atom is 0.195 e. The molecule has 0 atom stereocenters. The zero-order chi connectivity index (χ0) is 6.69. The van der Waals surface area contributed by atoms with Crippen LogP contribution in [0.1, 0.15) is 19.5 Å². The largest absolute Gasteiger partial charge is 0.195 e. The zero-order valence-corrected chi connectivity index (χ0v) is 6.02. The predicted octanol–water partition coefficient (Wildman–Crippen LogP) is 0.884. The van der Waals surface area contributed by atoms with Crippen molar-refractivity contribution in [3.8, 4) is 0 Å². The molecule has 0 radical (unpaired) electrons. The molecular formula is C7H13N2+. The Morgan fingerprint density at radius 1 is 1.56 bits per heavy atom. The van der Waals surface area contributed by atoms with Crippen molar-refractivity contribution in [2.45, 2.75) is 26.8 Å². The summed E-state index contributed by atoms with van der Waals surface area (Å²) in [6, 6.07) is 2.11. The Hall–Kier alpha value is -0.790. The molecule has 1 aromatic heterocycles. The summed E-state index contributed by atoms with van der Waals surface area (Å²) in [7, 11) is 0. The number of rotatable bonds is 2. The molecule has 1 heterocycles. The van der Waals surface area contributed by atoms with Gasteiger partial charge in [-0.1, -0.05) is 6.92 Å². The van der Waals surface area contributed by atoms with Crippen LogP contribution in [0, 0.1) is 0 Å². The predicted molar refractivity (Wildman–Crippen MR) is 36.0 cm³/mol. The van der Waals surface area contributed by atoms with Gasteiger partial charge in [-0.2, -0.15) is 5.10 Å². The van der Waals surface area contributed by atoms with Crippen LogP contribution >= 0.6 is 0 Å². The molecule has 0 bridgehead atoms. The Balaban J connectivity index is 2.74. The second-order valence-corrected chi connectivity index (χ2v) is 2.09. The van der Waals surface area contributed by atoms with Crippen LogP contribution in [0.4, 0.5) is 0 Å². The molecular weight excluding hydrogens is 112 g/mol. The van der Waals surface area contributed by atoms with E-state index >= 15 is 0 Å². The van der Waals surface area contributed by atoms with Gasteiger partial charge in [0.05, 0.1) is 5.69 Å². The van der Waals surface area contributed by atoms with Gasteiger partial charge in [-0.3, -0.25) is 0 Å². The molecule has 50 valence electrons. The quantitative estimate of drug-likeness (QED) is 0.566. The number of aromatic amines is 1. The van der Waals surface area contributed by atoms with Crippen LogP contribution in [0.25, 0.3) is 0 Å². The Morgan fingerprint density at radius 3 is 2.67 bits per heavy atom. The van der Waals surface area contributed by atoms with E-state index in [9.17, 15) is 0 Å². The number of hydrogen-bond donors (Lipinski definition) is 1. The highest BCUT2D eigenvalue weighted by Gasteiger charge is 1.97. The normalized spacial score (nSPS) is 10.0. The summed E-state index contributed by atoms with van der Waals surface area (Å²) in [5.74, 6) is 0. The number of nitrogens with zero attached hydrogens (tertiary/aromatic N) is 1. The van der Waals surface area contributed by atoms with Crippen LogP contribution < -0.4 is 4.68 Å². The first-order valence-corrected chi connectivity index (χ1v) is 3.44. The van der Waals surface area contributed by atoms with Crippen molar-refractivity contribution in [2.24, 2.45) is 0 Å². The van der Waals surface area contributed by atoms with Crippen molar-refractivity contribution in [2.75, 3.05) is 0 Å². The molecule has 0 unspecified atom stereocenters. The van der Waals surface area contributed by atoms with Gasteiger partial charge in [0.1, 0.15) is 0 Å². The molecule has 0 amide bonds. The van der Waals surface area contributed by atoms with Gasteiger partial charge in [-0.05, 0) is 13.3 Å². The van der Waals surface area contributed by atoms with Gasteiger partial charge in [0, 0.05) is 6.07 Å². The minimum Gasteiger partial charge on any atom is -0.170 e. The number of H-pyrrole nitrogens is 1. The lowest BCUT2D eigenvalue weighted by molar-refractivity contribution is -0.747. The second-order valence-electron chi connectivity index (χ2n) is 2.09. The van der Waals surface area contributed by atoms with Crippen molar-refractivity contribution in [3.05, 3.63) is 18.0 Å². The monoisotopic (exact) mass is 125 g/mol. The third kappa shape index (κ3) is 1.31. The van der Waals surface area contributed by atoms with E-state index in [1.165, 1.54) is 5.69 Å². The van der Waals surface area contributed by atoms with Gasteiger partial charge in [-0.15, -0.1) is 4.68 Å². The summed E-state index contributed by atoms with van der Waals surface area (Å²) in [6.07, 6.45) is 3.16. The maximum absolute atomic E-state index is 3.23. The summed E-state index contributed by atoms with van der Waals surface area (Å²) < 4.78 is 2.07. The summed E-state index contributed by atoms with van der Waals surface area (Å²) >= 11 is 0. The molecule has 0 saturated heterocycles. The fourth-order valence-corrected chi connectivity index (χ4v) is 0.820. The Morgan fingerprint density at radius 2 is 2.33 bits per heavy atom. The van der Waals surface area contributed by atoms with Crippen molar-refractivity contribution < 1.29 is 4.68 Å². The van der Waals surface area contributed by atoms with E-state index in [0.717, 1.165) is 13.0 Å². The standard InChI is InChI=1S/C7H12N2/c1-3-7-5-6-9(4-2)8-7/h5-6H,3-4H2,1-2H3/p+1. The maximum atomic E-state index is 3.23. The van der Waals surface area contributed by atoms with Crippen LogP contribution in [0.2, 0.25) is 0 Å². The lowest BCUT2D eigenvalue weighted by atomic mass is 10.4. The van der Waals surface area contributed by atoms with Crippen molar-refractivity contribution in [3.63, 3.8) is 0 Å². The minimum absolute atomic E-state index is 1.03. The zero-order valence-electron chi connectivity index (χ0n) is 6.02. The SMILES string of the molecule is CCc1cc[n+](CC)[nH]1. The van der Waals surface area contributed by atoms with Gasteiger partial charge in [-0.25, -0.2) is 0 Å². The average Bonchev–Trinajstić information content (AvgIpc) is 2.34. The number of hydrogen-bond acceptors (Lipinski definition) is 0. The topological polar surface area (TPSA) is 19.7 Å². The average molecular weight is 125 g/mol. The summed E-state index contributed by atoms with van der Waals surface area (Å²) in [4.78, 5) is 0. The van der Waals surface area contributed by atoms with E-state index < -0.39 is 0 Å². The van der Waals surface area contributed by atoms with Crippen molar-refractivity contribution in [1.29, 1.82) is 0 Å². The molecule has 0 fully saturated rings. The lowest BCUT2D eigenvalue weighted by Gasteiger charge is -1.82. The first kappa shape index (κ1) is 6.33. The van der Waals surface area contributed by atoms with Crippen molar-refractivity contribution in [1.82, 2.24) is 5.10 Å². The van der Waals surface area contributed by atoms with Gasteiger partial charge >= 0.3 is 0 Å². The highest BCUT2D eigenvalue weighted by atomic mass is 15.3. The lowest BCUT2D eigenvalue weighted by Crippen LogP contribution is -2.33. The molecule has 0 saturated carbocycles. The highest BCUT2D eigenvalue weighted by molar-refractivity contribution is 4.92. The number of aryl methyl sites for hydroxylation is 2. The van der Waals surface area contributed by atoms with Crippen molar-refractivity contribution >= 4 is 0 Å². The van der Waals surface area contributed by atoms with Crippen LogP contribution in [0.5, 0.6) is 0 Å². The fourth-order valence-electron chi connectivity index (χ4n) is 0.820. The Bertz CT molecular complexity index is 160. The van der Waals surface area contributed by atoms with E-state index in [1.807, 2.05) is 0 Å². The Labute approximate surface area is 55.5 Å². The van der Waals surface area contributed by atoms with E-state index in [1.54, 1.807) is 0 Å². The smallest absolute Gasteiger partial charge is 0.170 e. The third-order valence-electron chi connectivity index (χ3n) is 1.46.